The van der Waals surface area contributed by atoms with Crippen molar-refractivity contribution in [2.75, 3.05) is 13.1 Å². The molecule has 8 heteroatoms. The van der Waals surface area contributed by atoms with Crippen LogP contribution in [0.1, 0.15) is 25.3 Å². The van der Waals surface area contributed by atoms with Crippen molar-refractivity contribution in [3.05, 3.63) is 35.9 Å². The molecule has 1 aromatic rings. The average Bonchev–Trinajstić information content (AvgIpc) is 2.63. The third kappa shape index (κ3) is 6.26. The summed E-state index contributed by atoms with van der Waals surface area (Å²) in [6, 6.07) is 9.90. The quantitative estimate of drug-likeness (QED) is 0.253. The van der Waals surface area contributed by atoms with Crippen LogP contribution in [0.2, 0.25) is 0 Å². The Hall–Kier alpha value is -2.29. The summed E-state index contributed by atoms with van der Waals surface area (Å²) >= 11 is 0. The van der Waals surface area contributed by atoms with Crippen molar-refractivity contribution in [1.82, 2.24) is 10.4 Å². The van der Waals surface area contributed by atoms with Crippen molar-refractivity contribution in [2.24, 2.45) is 0 Å². The number of rotatable bonds is 7. The molecule has 25 heavy (non-hydrogen) atoms. The van der Waals surface area contributed by atoms with Crippen LogP contribution in [-0.4, -0.2) is 48.7 Å². The number of carbonyl (C=O) groups is 3. The second-order valence-corrected chi connectivity index (χ2v) is 5.73. The summed E-state index contributed by atoms with van der Waals surface area (Å²) in [5.74, 6) is -2.50. The van der Waals surface area contributed by atoms with Crippen LogP contribution >= 0.6 is 0 Å². The molecule has 0 radical (unpaired) electrons. The molecule has 0 aliphatic carbocycles. The number of hydroxylamine groups is 1. The first-order valence-corrected chi connectivity index (χ1v) is 8.10. The molecule has 0 saturated carbocycles. The number of piperidine rings is 1. The van der Waals surface area contributed by atoms with Crippen LogP contribution in [0.4, 0.5) is 0 Å². The van der Waals surface area contributed by atoms with E-state index in [0.29, 0.717) is 13.2 Å². The number of likely N-dealkylation sites (tertiary alicyclic amines) is 1. The Balaban J connectivity index is 1.74. The SMILES string of the molecule is CC(OC(=O)C(=O)OC=O)N1CCCC(NOCc2ccccc2)C1. The number of nitrogens with one attached hydrogen (secondary N) is 1. The number of nitrogens with zero attached hydrogens (tertiary/aromatic N) is 1. The standard InChI is InChI=1S/C17H22N2O6/c1-13(25-17(22)16(21)23-12-20)19-9-5-8-15(10-19)18-24-11-14-6-3-2-4-7-14/h2-4,6-7,12-13,15,18H,5,8-11H2,1H3. The minimum Gasteiger partial charge on any atom is -0.438 e. The smallest absolute Gasteiger partial charge is 0.424 e. The van der Waals surface area contributed by atoms with Gasteiger partial charge in [0.15, 0.2) is 6.23 Å². The Morgan fingerprint density at radius 2 is 2.08 bits per heavy atom. The number of esters is 2. The maximum absolute atomic E-state index is 11.5. The molecule has 1 fully saturated rings. The van der Waals surface area contributed by atoms with E-state index >= 15 is 0 Å². The molecule has 8 nitrogen and oxygen atoms in total. The molecule has 0 amide bonds. The zero-order valence-electron chi connectivity index (χ0n) is 14.1. The van der Waals surface area contributed by atoms with E-state index in [9.17, 15) is 14.4 Å². The maximum Gasteiger partial charge on any atom is 0.424 e. The Kier molecular flexibility index (Phi) is 7.52. The predicted octanol–water partition coefficient (Wildman–Crippen LogP) is 0.761. The summed E-state index contributed by atoms with van der Waals surface area (Å²) in [5, 5.41) is 0. The maximum atomic E-state index is 11.5. The lowest BCUT2D eigenvalue weighted by atomic mass is 10.1. The summed E-state index contributed by atoms with van der Waals surface area (Å²) in [7, 11) is 0. The molecule has 1 aliphatic rings. The fraction of sp³-hybridized carbons (Fsp3) is 0.471. The van der Waals surface area contributed by atoms with Gasteiger partial charge in [0.25, 0.3) is 0 Å². The molecule has 1 saturated heterocycles. The van der Waals surface area contributed by atoms with Crippen molar-refractivity contribution in [1.29, 1.82) is 0 Å². The van der Waals surface area contributed by atoms with E-state index in [2.05, 4.69) is 10.2 Å². The predicted molar refractivity (Wildman–Crippen MR) is 86.7 cm³/mol. The third-order valence-corrected chi connectivity index (χ3v) is 3.90. The molecule has 0 aromatic heterocycles. The Morgan fingerprint density at radius 1 is 1.32 bits per heavy atom. The Morgan fingerprint density at radius 3 is 2.80 bits per heavy atom. The number of carbonyl (C=O) groups excluding carboxylic acids is 3. The first kappa shape index (κ1) is 19.0. The highest BCUT2D eigenvalue weighted by atomic mass is 16.6. The highest BCUT2D eigenvalue weighted by Crippen LogP contribution is 2.14. The molecule has 1 aromatic carbocycles. The van der Waals surface area contributed by atoms with Crippen LogP contribution < -0.4 is 5.48 Å². The third-order valence-electron chi connectivity index (χ3n) is 3.90. The van der Waals surface area contributed by atoms with Gasteiger partial charge in [-0.1, -0.05) is 30.3 Å². The molecule has 0 bridgehead atoms. The van der Waals surface area contributed by atoms with Gasteiger partial charge >= 0.3 is 18.4 Å². The fourth-order valence-electron chi connectivity index (χ4n) is 2.62. The lowest BCUT2D eigenvalue weighted by Gasteiger charge is -2.35. The lowest BCUT2D eigenvalue weighted by Crippen LogP contribution is -2.50. The molecule has 1 N–H and O–H groups in total. The van der Waals surface area contributed by atoms with Gasteiger partial charge in [0, 0.05) is 19.1 Å². The molecule has 136 valence electrons. The summed E-state index contributed by atoms with van der Waals surface area (Å²) in [6.07, 6.45) is 1.22. The summed E-state index contributed by atoms with van der Waals surface area (Å²) in [5.41, 5.74) is 4.10. The Bertz CT molecular complexity index is 580. The normalized spacial score (nSPS) is 19.0. The minimum atomic E-state index is -1.32. The van der Waals surface area contributed by atoms with E-state index < -0.39 is 18.2 Å². The van der Waals surface area contributed by atoms with Gasteiger partial charge in [-0.25, -0.2) is 9.59 Å². The van der Waals surface area contributed by atoms with Crippen LogP contribution in [-0.2, 0) is 35.3 Å². The first-order valence-electron chi connectivity index (χ1n) is 8.10. The van der Waals surface area contributed by atoms with E-state index in [1.165, 1.54) is 0 Å². The van der Waals surface area contributed by atoms with Crippen molar-refractivity contribution in [3.63, 3.8) is 0 Å². The zero-order valence-corrected chi connectivity index (χ0v) is 14.1. The second-order valence-electron chi connectivity index (χ2n) is 5.73. The molecular weight excluding hydrogens is 328 g/mol. The van der Waals surface area contributed by atoms with Gasteiger partial charge in [0.05, 0.1) is 6.61 Å². The largest absolute Gasteiger partial charge is 0.438 e. The number of benzene rings is 1. The van der Waals surface area contributed by atoms with Gasteiger partial charge in [-0.2, -0.15) is 5.48 Å². The van der Waals surface area contributed by atoms with Gasteiger partial charge in [-0.05, 0) is 25.3 Å². The molecule has 0 spiro atoms. The highest BCUT2D eigenvalue weighted by Gasteiger charge is 2.28. The molecule has 2 unspecified atom stereocenters. The number of ether oxygens (including phenoxy) is 2. The van der Waals surface area contributed by atoms with Crippen LogP contribution in [0.3, 0.4) is 0 Å². The van der Waals surface area contributed by atoms with Crippen molar-refractivity contribution >= 4 is 18.4 Å². The van der Waals surface area contributed by atoms with Gasteiger partial charge in [-0.3, -0.25) is 14.5 Å². The van der Waals surface area contributed by atoms with Crippen molar-refractivity contribution in [2.45, 2.75) is 38.6 Å². The zero-order chi connectivity index (χ0) is 18.1. The van der Waals surface area contributed by atoms with E-state index in [1.807, 2.05) is 35.2 Å². The van der Waals surface area contributed by atoms with Crippen LogP contribution in [0, 0.1) is 0 Å². The first-order chi connectivity index (χ1) is 12.1. The van der Waals surface area contributed by atoms with Gasteiger partial charge in [-0.15, -0.1) is 0 Å². The number of hydrogen-bond acceptors (Lipinski definition) is 8. The van der Waals surface area contributed by atoms with E-state index in [1.54, 1.807) is 6.92 Å². The minimum absolute atomic E-state index is 0.0838. The second kappa shape index (κ2) is 9.87. The number of hydrogen-bond donors (Lipinski definition) is 1. The van der Waals surface area contributed by atoms with Crippen LogP contribution in [0.25, 0.3) is 0 Å². The van der Waals surface area contributed by atoms with Crippen LogP contribution in [0.5, 0.6) is 0 Å². The molecule has 1 aliphatic heterocycles. The average molecular weight is 350 g/mol. The van der Waals surface area contributed by atoms with E-state index in [4.69, 9.17) is 9.57 Å². The van der Waals surface area contributed by atoms with Crippen molar-refractivity contribution in [3.8, 4) is 0 Å². The molecule has 2 rings (SSSR count). The molecule has 1 heterocycles. The van der Waals surface area contributed by atoms with E-state index in [-0.39, 0.29) is 12.5 Å². The summed E-state index contributed by atoms with van der Waals surface area (Å²) < 4.78 is 8.97. The fourth-order valence-corrected chi connectivity index (χ4v) is 2.62. The van der Waals surface area contributed by atoms with E-state index in [0.717, 1.165) is 24.9 Å². The molecular formula is C17H22N2O6. The lowest BCUT2D eigenvalue weighted by molar-refractivity contribution is -0.178. The summed E-state index contributed by atoms with van der Waals surface area (Å²) in [6.45, 7) is 3.36. The Labute approximate surface area is 146 Å². The van der Waals surface area contributed by atoms with Crippen molar-refractivity contribution < 1.29 is 28.7 Å². The van der Waals surface area contributed by atoms with Gasteiger partial charge in [0.2, 0.25) is 0 Å². The van der Waals surface area contributed by atoms with Gasteiger partial charge < -0.3 is 9.47 Å². The summed E-state index contributed by atoms with van der Waals surface area (Å²) in [4.78, 5) is 40.1. The topological polar surface area (TPSA) is 94.2 Å². The van der Waals surface area contributed by atoms with Crippen LogP contribution in [0.15, 0.2) is 30.3 Å². The highest BCUT2D eigenvalue weighted by molar-refractivity contribution is 6.30. The monoisotopic (exact) mass is 350 g/mol. The molecule has 2 atom stereocenters. The van der Waals surface area contributed by atoms with Gasteiger partial charge in [0.1, 0.15) is 0 Å².